The number of aryl methyl sites for hydroxylation is 1. The maximum Gasteiger partial charge on any atom is 0.131 e. The van der Waals surface area contributed by atoms with Gasteiger partial charge in [-0.15, -0.1) is 0 Å². The second-order valence-electron chi connectivity index (χ2n) is 3.28. The van der Waals surface area contributed by atoms with Gasteiger partial charge in [0.1, 0.15) is 5.69 Å². The smallest absolute Gasteiger partial charge is 0.131 e. The highest BCUT2D eigenvalue weighted by Gasteiger charge is 2.03. The van der Waals surface area contributed by atoms with Gasteiger partial charge >= 0.3 is 0 Å². The Morgan fingerprint density at radius 3 is 2.31 bits per heavy atom. The second kappa shape index (κ2) is 4.28. The molecule has 0 aliphatic rings. The number of nitrogens with zero attached hydrogens (tertiary/aromatic N) is 1. The Labute approximate surface area is 80.4 Å². The summed E-state index contributed by atoms with van der Waals surface area (Å²) >= 11 is 0. The van der Waals surface area contributed by atoms with E-state index < -0.39 is 0 Å². The molecule has 72 valence electrons. The van der Waals surface area contributed by atoms with Crippen molar-refractivity contribution in [2.45, 2.75) is 20.8 Å². The van der Waals surface area contributed by atoms with Crippen molar-refractivity contribution in [3.8, 4) is 0 Å². The molecule has 0 radical (unpaired) electrons. The summed E-state index contributed by atoms with van der Waals surface area (Å²) in [5.41, 5.74) is 7.64. The van der Waals surface area contributed by atoms with Crippen LogP contribution in [0.4, 0.5) is 11.4 Å². The number of hydrogen-bond donors (Lipinski definition) is 1. The molecule has 0 fully saturated rings. The van der Waals surface area contributed by atoms with Crippen LogP contribution in [0, 0.1) is 6.92 Å². The highest BCUT2D eigenvalue weighted by atomic mass is 15.1. The second-order valence-corrected chi connectivity index (χ2v) is 3.28. The van der Waals surface area contributed by atoms with Gasteiger partial charge in [0.2, 0.25) is 0 Å². The molecule has 1 aromatic carbocycles. The van der Waals surface area contributed by atoms with Gasteiger partial charge < -0.3 is 10.6 Å². The van der Waals surface area contributed by atoms with E-state index in [1.807, 2.05) is 0 Å². The van der Waals surface area contributed by atoms with E-state index in [2.05, 4.69) is 49.6 Å². The summed E-state index contributed by atoms with van der Waals surface area (Å²) in [6.07, 6.45) is 0. The number of hydrogen-bond acceptors (Lipinski definition) is 1. The maximum absolute atomic E-state index is 3.95. The van der Waals surface area contributed by atoms with Crippen LogP contribution in [0.25, 0.3) is 0 Å². The third-order valence-corrected chi connectivity index (χ3v) is 2.45. The average Bonchev–Trinajstić information content (AvgIpc) is 2.13. The van der Waals surface area contributed by atoms with Crippen molar-refractivity contribution < 1.29 is 5.73 Å². The van der Waals surface area contributed by atoms with E-state index in [9.17, 15) is 0 Å². The first kappa shape index (κ1) is 10.1. The Morgan fingerprint density at radius 1 is 1.23 bits per heavy atom. The fourth-order valence-electron chi connectivity index (χ4n) is 1.47. The minimum Gasteiger partial charge on any atom is -0.372 e. The van der Waals surface area contributed by atoms with Crippen LogP contribution in [-0.2, 0) is 0 Å². The molecular formula is C11H19N2+. The zero-order valence-electron chi connectivity index (χ0n) is 8.80. The van der Waals surface area contributed by atoms with E-state index in [1.165, 1.54) is 11.3 Å². The molecule has 2 heteroatoms. The lowest BCUT2D eigenvalue weighted by atomic mass is 10.1. The number of anilines is 1. The normalized spacial score (nSPS) is 10.2. The third kappa shape index (κ3) is 2.22. The van der Waals surface area contributed by atoms with Crippen molar-refractivity contribution in [1.29, 1.82) is 0 Å². The number of benzene rings is 1. The molecule has 1 rings (SSSR count). The van der Waals surface area contributed by atoms with E-state index in [1.54, 1.807) is 0 Å². The van der Waals surface area contributed by atoms with Gasteiger partial charge in [0.15, 0.2) is 0 Å². The molecule has 0 heterocycles. The van der Waals surface area contributed by atoms with Gasteiger partial charge in [-0.3, -0.25) is 0 Å². The minimum atomic E-state index is 1.06. The van der Waals surface area contributed by atoms with Crippen molar-refractivity contribution in [2.24, 2.45) is 0 Å². The predicted octanol–water partition coefficient (Wildman–Crippen LogP) is 1.71. The Morgan fingerprint density at radius 2 is 1.85 bits per heavy atom. The van der Waals surface area contributed by atoms with Crippen molar-refractivity contribution in [3.05, 3.63) is 23.8 Å². The first-order valence-electron chi connectivity index (χ1n) is 4.86. The molecule has 0 aromatic heterocycles. The molecule has 0 unspecified atom stereocenters. The van der Waals surface area contributed by atoms with E-state index in [4.69, 9.17) is 0 Å². The van der Waals surface area contributed by atoms with Gasteiger partial charge in [0, 0.05) is 30.4 Å². The lowest BCUT2D eigenvalue weighted by Gasteiger charge is -2.21. The lowest BCUT2D eigenvalue weighted by molar-refractivity contribution is -0.255. The van der Waals surface area contributed by atoms with Gasteiger partial charge in [-0.1, -0.05) is 0 Å². The molecule has 0 aliphatic carbocycles. The highest BCUT2D eigenvalue weighted by molar-refractivity contribution is 5.54. The molecule has 0 saturated heterocycles. The van der Waals surface area contributed by atoms with Crippen LogP contribution in [0.3, 0.4) is 0 Å². The summed E-state index contributed by atoms with van der Waals surface area (Å²) in [6, 6.07) is 6.43. The SMILES string of the molecule is CCN(CC)c1ccc([NH3+])c(C)c1. The van der Waals surface area contributed by atoms with E-state index in [0.29, 0.717) is 0 Å². The average molecular weight is 179 g/mol. The quantitative estimate of drug-likeness (QED) is 0.752. The number of rotatable bonds is 3. The third-order valence-electron chi connectivity index (χ3n) is 2.45. The van der Waals surface area contributed by atoms with E-state index >= 15 is 0 Å². The Hall–Kier alpha value is -1.02. The molecule has 0 aliphatic heterocycles. The first-order valence-corrected chi connectivity index (χ1v) is 4.86. The van der Waals surface area contributed by atoms with Crippen molar-refractivity contribution >= 4 is 11.4 Å². The fourth-order valence-corrected chi connectivity index (χ4v) is 1.47. The highest BCUT2D eigenvalue weighted by Crippen LogP contribution is 2.19. The largest absolute Gasteiger partial charge is 0.372 e. The van der Waals surface area contributed by atoms with Crippen molar-refractivity contribution in [2.75, 3.05) is 18.0 Å². The summed E-state index contributed by atoms with van der Waals surface area (Å²) in [7, 11) is 0. The molecule has 2 nitrogen and oxygen atoms in total. The standard InChI is InChI=1S/C11H18N2/c1-4-13(5-2)10-6-7-11(12)9(3)8-10/h6-8H,4-5,12H2,1-3H3/p+1. The van der Waals surface area contributed by atoms with Crippen LogP contribution in [0.1, 0.15) is 19.4 Å². The molecule has 3 N–H and O–H groups in total. The topological polar surface area (TPSA) is 30.9 Å². The maximum atomic E-state index is 3.95. The van der Waals surface area contributed by atoms with Gasteiger partial charge in [-0.2, -0.15) is 0 Å². The van der Waals surface area contributed by atoms with E-state index in [-0.39, 0.29) is 0 Å². The fraction of sp³-hybridized carbons (Fsp3) is 0.455. The zero-order chi connectivity index (χ0) is 9.84. The van der Waals surface area contributed by atoms with Crippen molar-refractivity contribution in [3.63, 3.8) is 0 Å². The van der Waals surface area contributed by atoms with Crippen LogP contribution in [0.5, 0.6) is 0 Å². The van der Waals surface area contributed by atoms with Gasteiger partial charge in [0.25, 0.3) is 0 Å². The van der Waals surface area contributed by atoms with Crippen LogP contribution in [0.15, 0.2) is 18.2 Å². The Bertz CT molecular complexity index is 277. The summed E-state index contributed by atoms with van der Waals surface area (Å²) in [5, 5.41) is 0. The molecule has 0 bridgehead atoms. The van der Waals surface area contributed by atoms with Crippen molar-refractivity contribution in [1.82, 2.24) is 0 Å². The van der Waals surface area contributed by atoms with Gasteiger partial charge in [0.05, 0.1) is 0 Å². The van der Waals surface area contributed by atoms with E-state index in [0.717, 1.165) is 18.8 Å². The molecule has 1 aromatic rings. The monoisotopic (exact) mass is 179 g/mol. The van der Waals surface area contributed by atoms with Crippen LogP contribution in [-0.4, -0.2) is 13.1 Å². The summed E-state index contributed by atoms with van der Waals surface area (Å²) in [6.45, 7) is 8.59. The van der Waals surface area contributed by atoms with Crippen LogP contribution < -0.4 is 10.6 Å². The Kier molecular flexibility index (Phi) is 3.32. The molecule has 0 atom stereocenters. The molecular weight excluding hydrogens is 160 g/mol. The number of quaternary nitrogens is 1. The van der Waals surface area contributed by atoms with Gasteiger partial charge in [-0.05, 0) is 32.9 Å². The molecule has 0 spiro atoms. The minimum absolute atomic E-state index is 1.06. The van der Waals surface area contributed by atoms with Crippen LogP contribution in [0.2, 0.25) is 0 Å². The Balaban J connectivity index is 2.95. The summed E-state index contributed by atoms with van der Waals surface area (Å²) < 4.78 is 0. The van der Waals surface area contributed by atoms with Crippen LogP contribution >= 0.6 is 0 Å². The summed E-state index contributed by atoms with van der Waals surface area (Å²) in [4.78, 5) is 2.34. The molecule has 0 amide bonds. The zero-order valence-corrected chi connectivity index (χ0v) is 8.80. The summed E-state index contributed by atoms with van der Waals surface area (Å²) in [5.74, 6) is 0. The van der Waals surface area contributed by atoms with Gasteiger partial charge in [-0.25, -0.2) is 0 Å². The lowest BCUT2D eigenvalue weighted by Crippen LogP contribution is -2.41. The molecule has 0 saturated carbocycles. The molecule has 13 heavy (non-hydrogen) atoms. The predicted molar refractivity (Wildman–Crippen MR) is 57.3 cm³/mol. The first-order chi connectivity index (χ1) is 6.19.